The normalized spacial score (nSPS) is 11.7. The molecule has 0 atom stereocenters. The van der Waals surface area contributed by atoms with Gasteiger partial charge in [0.15, 0.2) is 0 Å². The molecule has 3 rings (SSSR count). The molecular weight excluding hydrogens is 443 g/mol. The van der Waals surface area contributed by atoms with Gasteiger partial charge in [-0.25, -0.2) is 18.2 Å². The van der Waals surface area contributed by atoms with Crippen LogP contribution in [0.15, 0.2) is 53.6 Å². The minimum atomic E-state index is -3.69. The third kappa shape index (κ3) is 5.48. The molecule has 7 nitrogen and oxygen atoms in total. The summed E-state index contributed by atoms with van der Waals surface area (Å²) in [6.07, 6.45) is 2.51. The van der Waals surface area contributed by atoms with E-state index < -0.39 is 22.5 Å². The predicted octanol–water partition coefficient (Wildman–Crippen LogP) is 3.77. The number of carbonyl (C=O) groups excluding carboxylic acids is 1. The van der Waals surface area contributed by atoms with E-state index in [-0.39, 0.29) is 5.82 Å². The summed E-state index contributed by atoms with van der Waals surface area (Å²) in [7, 11) is -3.69. The van der Waals surface area contributed by atoms with Crippen LogP contribution in [0.5, 0.6) is 0 Å². The highest BCUT2D eigenvalue weighted by Crippen LogP contribution is 2.24. The zero-order chi connectivity index (χ0) is 24.3. The van der Waals surface area contributed by atoms with Crippen molar-refractivity contribution in [2.75, 3.05) is 17.1 Å². The highest BCUT2D eigenvalue weighted by atomic mass is 32.2. The maximum atomic E-state index is 14.2. The highest BCUT2D eigenvalue weighted by Gasteiger charge is 2.22. The molecule has 0 radical (unpaired) electrons. The second-order valence-electron chi connectivity index (χ2n) is 7.97. The summed E-state index contributed by atoms with van der Waals surface area (Å²) in [6, 6.07) is 13.6. The fourth-order valence-corrected chi connectivity index (χ4v) is 4.64. The average molecular weight is 471 g/mol. The molecule has 1 heterocycles. The van der Waals surface area contributed by atoms with Gasteiger partial charge in [-0.15, -0.1) is 0 Å². The summed E-state index contributed by atoms with van der Waals surface area (Å²) in [5.74, 6) is -0.928. The van der Waals surface area contributed by atoms with Crippen LogP contribution >= 0.6 is 0 Å². The second kappa shape index (κ2) is 9.58. The molecule has 0 aliphatic rings. The number of aromatic nitrogens is 1. The number of rotatable bonds is 7. The zero-order valence-corrected chi connectivity index (χ0v) is 20.1. The van der Waals surface area contributed by atoms with E-state index in [9.17, 15) is 17.6 Å². The summed E-state index contributed by atoms with van der Waals surface area (Å²) in [6.45, 7) is 6.97. The van der Waals surface area contributed by atoms with Crippen molar-refractivity contribution in [3.8, 4) is 5.69 Å². The quantitative estimate of drug-likeness (QED) is 0.422. The maximum absolute atomic E-state index is 14.2. The van der Waals surface area contributed by atoms with Gasteiger partial charge in [0.1, 0.15) is 12.4 Å². The molecular formula is C24H27FN4O3S. The van der Waals surface area contributed by atoms with Gasteiger partial charge in [-0.2, -0.15) is 5.10 Å². The Balaban J connectivity index is 1.77. The van der Waals surface area contributed by atoms with Crippen molar-refractivity contribution in [1.82, 2.24) is 9.99 Å². The Bertz CT molecular complexity index is 1330. The molecule has 0 fully saturated rings. The maximum Gasteiger partial charge on any atom is 0.260 e. The van der Waals surface area contributed by atoms with Gasteiger partial charge >= 0.3 is 0 Å². The summed E-state index contributed by atoms with van der Waals surface area (Å²) in [5, 5.41) is 3.99. The molecule has 3 aromatic rings. The number of halogens is 1. The number of nitrogens with one attached hydrogen (secondary N) is 1. The van der Waals surface area contributed by atoms with E-state index in [0.29, 0.717) is 16.9 Å². The zero-order valence-electron chi connectivity index (χ0n) is 19.3. The number of sulfonamides is 1. The SMILES string of the molecule is Cc1ccc(N(CC(=O)N/N=C\c2cc(C)n(-c3ccccc3F)c2C)S(C)(=O)=O)c(C)c1. The first kappa shape index (κ1) is 24.2. The van der Waals surface area contributed by atoms with Gasteiger partial charge in [-0.1, -0.05) is 29.8 Å². The van der Waals surface area contributed by atoms with E-state index in [0.717, 1.165) is 33.1 Å². The molecule has 1 amide bonds. The fraction of sp³-hybridized carbons (Fsp3) is 0.250. The largest absolute Gasteiger partial charge is 0.315 e. The van der Waals surface area contributed by atoms with Crippen LogP contribution in [-0.4, -0.2) is 37.9 Å². The molecule has 174 valence electrons. The van der Waals surface area contributed by atoms with E-state index >= 15 is 0 Å². The number of amides is 1. The van der Waals surface area contributed by atoms with Crippen LogP contribution in [0.25, 0.3) is 5.69 Å². The van der Waals surface area contributed by atoms with Crippen LogP contribution in [0.4, 0.5) is 10.1 Å². The Morgan fingerprint density at radius 3 is 2.45 bits per heavy atom. The van der Waals surface area contributed by atoms with Gasteiger partial charge < -0.3 is 4.57 Å². The number of carbonyl (C=O) groups is 1. The van der Waals surface area contributed by atoms with Crippen molar-refractivity contribution in [3.05, 3.63) is 82.4 Å². The van der Waals surface area contributed by atoms with Crippen LogP contribution in [0, 0.1) is 33.5 Å². The van der Waals surface area contributed by atoms with Gasteiger partial charge in [0.25, 0.3) is 5.91 Å². The topological polar surface area (TPSA) is 83.8 Å². The Labute approximate surface area is 193 Å². The van der Waals surface area contributed by atoms with Gasteiger partial charge in [0.2, 0.25) is 10.0 Å². The van der Waals surface area contributed by atoms with Gasteiger partial charge in [0, 0.05) is 17.0 Å². The smallest absolute Gasteiger partial charge is 0.260 e. The van der Waals surface area contributed by atoms with E-state index in [1.165, 1.54) is 12.3 Å². The van der Waals surface area contributed by atoms with E-state index in [4.69, 9.17) is 0 Å². The minimum Gasteiger partial charge on any atom is -0.315 e. The third-order valence-corrected chi connectivity index (χ3v) is 6.39. The fourth-order valence-electron chi connectivity index (χ4n) is 3.73. The predicted molar refractivity (Wildman–Crippen MR) is 129 cm³/mol. The van der Waals surface area contributed by atoms with Gasteiger partial charge in [-0.3, -0.25) is 9.10 Å². The Hall–Kier alpha value is -3.46. The average Bonchev–Trinajstić information content (AvgIpc) is 3.00. The lowest BCUT2D eigenvalue weighted by molar-refractivity contribution is -0.119. The lowest BCUT2D eigenvalue weighted by atomic mass is 10.1. The van der Waals surface area contributed by atoms with E-state index in [2.05, 4.69) is 10.5 Å². The Kier molecular flexibility index (Phi) is 7.02. The first-order valence-electron chi connectivity index (χ1n) is 10.3. The van der Waals surface area contributed by atoms with Crippen molar-refractivity contribution >= 4 is 27.8 Å². The highest BCUT2D eigenvalue weighted by molar-refractivity contribution is 7.92. The summed E-state index contributed by atoms with van der Waals surface area (Å²) < 4.78 is 41.7. The van der Waals surface area contributed by atoms with Crippen LogP contribution in [0.3, 0.4) is 0 Å². The Morgan fingerprint density at radius 2 is 1.82 bits per heavy atom. The molecule has 0 saturated carbocycles. The van der Waals surface area contributed by atoms with E-state index in [1.807, 2.05) is 32.9 Å². The van der Waals surface area contributed by atoms with Gasteiger partial charge in [-0.05, 0) is 57.5 Å². The molecule has 0 unspecified atom stereocenters. The number of anilines is 1. The minimum absolute atomic E-state index is 0.344. The number of nitrogens with zero attached hydrogens (tertiary/aromatic N) is 3. The van der Waals surface area contributed by atoms with Crippen LogP contribution in [-0.2, 0) is 14.8 Å². The van der Waals surface area contributed by atoms with Crippen molar-refractivity contribution < 1.29 is 17.6 Å². The van der Waals surface area contributed by atoms with Crippen LogP contribution < -0.4 is 9.73 Å². The second-order valence-corrected chi connectivity index (χ2v) is 9.87. The number of para-hydroxylation sites is 1. The standard InChI is InChI=1S/C24H27FN4O3S/c1-16-10-11-22(17(2)12-16)28(33(5,31)32)15-24(30)27-26-14-20-13-18(3)29(19(20)4)23-9-7-6-8-21(23)25/h6-14H,15H2,1-5H3,(H,27,30)/b26-14-. The lowest BCUT2D eigenvalue weighted by Crippen LogP contribution is -2.39. The molecule has 2 aromatic carbocycles. The monoisotopic (exact) mass is 470 g/mol. The molecule has 0 bridgehead atoms. The molecule has 1 N–H and O–H groups in total. The van der Waals surface area contributed by atoms with Crippen molar-refractivity contribution in [2.24, 2.45) is 5.10 Å². The summed E-state index contributed by atoms with van der Waals surface area (Å²) in [5.41, 5.74) is 7.25. The van der Waals surface area contributed by atoms with Crippen molar-refractivity contribution in [2.45, 2.75) is 27.7 Å². The third-order valence-electron chi connectivity index (χ3n) is 5.27. The van der Waals surface area contributed by atoms with Crippen molar-refractivity contribution in [3.63, 3.8) is 0 Å². The molecule has 0 saturated heterocycles. The van der Waals surface area contributed by atoms with Crippen LogP contribution in [0.2, 0.25) is 0 Å². The molecule has 9 heteroatoms. The van der Waals surface area contributed by atoms with Crippen molar-refractivity contribution in [1.29, 1.82) is 0 Å². The van der Waals surface area contributed by atoms with Gasteiger partial charge in [0.05, 0.1) is 23.8 Å². The number of benzene rings is 2. The molecule has 0 aliphatic heterocycles. The first-order valence-corrected chi connectivity index (χ1v) is 12.1. The summed E-state index contributed by atoms with van der Waals surface area (Å²) in [4.78, 5) is 12.5. The Morgan fingerprint density at radius 1 is 1.12 bits per heavy atom. The number of aryl methyl sites for hydroxylation is 3. The molecule has 0 aliphatic carbocycles. The number of hydrogen-bond acceptors (Lipinski definition) is 4. The summed E-state index contributed by atoms with van der Waals surface area (Å²) >= 11 is 0. The number of hydrazone groups is 1. The molecule has 0 spiro atoms. The lowest BCUT2D eigenvalue weighted by Gasteiger charge is -2.23. The molecule has 33 heavy (non-hydrogen) atoms. The van der Waals surface area contributed by atoms with Crippen LogP contribution in [0.1, 0.15) is 28.1 Å². The molecule has 1 aromatic heterocycles. The number of hydrogen-bond donors (Lipinski definition) is 1. The van der Waals surface area contributed by atoms with E-state index in [1.54, 1.807) is 41.8 Å². The first-order chi connectivity index (χ1) is 15.5.